The zero-order valence-electron chi connectivity index (χ0n) is 15.0. The summed E-state index contributed by atoms with van der Waals surface area (Å²) in [5.41, 5.74) is 3.41. The Morgan fingerprint density at radius 3 is 2.76 bits per heavy atom. The smallest absolute Gasteiger partial charge is 0.258 e. The molecule has 6 nitrogen and oxygen atoms in total. The number of likely N-dealkylation sites (N-methyl/N-ethyl adjacent to an activating group) is 1. The molecule has 1 aromatic heterocycles. The van der Waals surface area contributed by atoms with Crippen molar-refractivity contribution in [2.24, 2.45) is 0 Å². The van der Waals surface area contributed by atoms with Gasteiger partial charge in [0.25, 0.3) is 5.91 Å². The molecule has 2 heterocycles. The summed E-state index contributed by atoms with van der Waals surface area (Å²) in [6.07, 6.45) is 4.19. The molecule has 0 bridgehead atoms. The molecule has 0 radical (unpaired) electrons. The van der Waals surface area contributed by atoms with E-state index in [9.17, 15) is 9.59 Å². The van der Waals surface area contributed by atoms with Crippen LogP contribution in [0.5, 0.6) is 0 Å². The molecular formula is C19H24N4O2. The van der Waals surface area contributed by atoms with Gasteiger partial charge in [0.05, 0.1) is 23.1 Å². The van der Waals surface area contributed by atoms with Gasteiger partial charge in [-0.15, -0.1) is 0 Å². The second-order valence-corrected chi connectivity index (χ2v) is 6.52. The third kappa shape index (κ3) is 3.29. The van der Waals surface area contributed by atoms with Crippen LogP contribution in [-0.4, -0.2) is 46.1 Å². The highest BCUT2D eigenvalue weighted by molar-refractivity contribution is 5.98. The molecular weight excluding hydrogens is 316 g/mol. The molecule has 2 amide bonds. The molecule has 1 saturated heterocycles. The fourth-order valence-electron chi connectivity index (χ4n) is 3.41. The molecule has 0 saturated carbocycles. The fraction of sp³-hybridized carbons (Fsp3) is 0.421. The minimum atomic E-state index is -0.395. The standard InChI is InChI=1S/C19H24N4O2/c1-13-7-6-8-15(11-13)23-14(2)16(12-21-23)19(25)22-10-5-4-9-17(22)18(24)20-3/h6-8,11-12,17H,4-5,9-10H2,1-3H3,(H,20,24). The van der Waals surface area contributed by atoms with Gasteiger partial charge in [0.1, 0.15) is 6.04 Å². The highest BCUT2D eigenvalue weighted by atomic mass is 16.2. The van der Waals surface area contributed by atoms with Crippen LogP contribution in [-0.2, 0) is 4.79 Å². The third-order valence-corrected chi connectivity index (χ3v) is 4.80. The minimum Gasteiger partial charge on any atom is -0.357 e. The number of nitrogens with one attached hydrogen (secondary N) is 1. The molecule has 6 heteroatoms. The molecule has 1 N–H and O–H groups in total. The number of aromatic nitrogens is 2. The molecule has 1 fully saturated rings. The normalized spacial score (nSPS) is 17.4. The number of piperidine rings is 1. The van der Waals surface area contributed by atoms with Crippen molar-refractivity contribution in [1.29, 1.82) is 0 Å². The van der Waals surface area contributed by atoms with Crippen LogP contribution in [0, 0.1) is 13.8 Å². The summed E-state index contributed by atoms with van der Waals surface area (Å²) in [6, 6.07) is 7.60. The Kier molecular flexibility index (Phi) is 4.88. The van der Waals surface area contributed by atoms with Crippen LogP contribution in [0.1, 0.15) is 40.9 Å². The molecule has 132 valence electrons. The van der Waals surface area contributed by atoms with E-state index in [1.165, 1.54) is 0 Å². The maximum atomic E-state index is 13.1. The lowest BCUT2D eigenvalue weighted by atomic mass is 10.00. The summed E-state index contributed by atoms with van der Waals surface area (Å²) in [7, 11) is 1.61. The Morgan fingerprint density at radius 2 is 2.04 bits per heavy atom. The number of amides is 2. The van der Waals surface area contributed by atoms with Crippen LogP contribution < -0.4 is 5.32 Å². The Hall–Kier alpha value is -2.63. The zero-order valence-corrected chi connectivity index (χ0v) is 15.0. The van der Waals surface area contributed by atoms with Gasteiger partial charge in [-0.3, -0.25) is 9.59 Å². The van der Waals surface area contributed by atoms with Gasteiger partial charge in [-0.05, 0) is 50.8 Å². The summed E-state index contributed by atoms with van der Waals surface area (Å²) in [5.74, 6) is -0.221. The van der Waals surface area contributed by atoms with E-state index < -0.39 is 6.04 Å². The van der Waals surface area contributed by atoms with Crippen molar-refractivity contribution < 1.29 is 9.59 Å². The summed E-state index contributed by atoms with van der Waals surface area (Å²) >= 11 is 0. The topological polar surface area (TPSA) is 67.2 Å². The lowest BCUT2D eigenvalue weighted by molar-refractivity contribution is -0.126. The molecule has 1 atom stereocenters. The van der Waals surface area contributed by atoms with E-state index in [0.29, 0.717) is 18.5 Å². The molecule has 25 heavy (non-hydrogen) atoms. The van der Waals surface area contributed by atoms with Crippen molar-refractivity contribution in [1.82, 2.24) is 20.0 Å². The quantitative estimate of drug-likeness (QED) is 0.932. The van der Waals surface area contributed by atoms with Gasteiger partial charge < -0.3 is 10.2 Å². The number of aryl methyl sites for hydroxylation is 1. The maximum absolute atomic E-state index is 13.1. The van der Waals surface area contributed by atoms with E-state index in [4.69, 9.17) is 0 Å². The van der Waals surface area contributed by atoms with E-state index >= 15 is 0 Å². The SMILES string of the molecule is CNC(=O)C1CCCCN1C(=O)c1cnn(-c2cccc(C)c2)c1C. The van der Waals surface area contributed by atoms with Crippen molar-refractivity contribution in [2.45, 2.75) is 39.2 Å². The van der Waals surface area contributed by atoms with E-state index in [-0.39, 0.29) is 11.8 Å². The predicted molar refractivity (Wildman–Crippen MR) is 95.8 cm³/mol. The van der Waals surface area contributed by atoms with Gasteiger partial charge in [-0.2, -0.15) is 5.10 Å². The lowest BCUT2D eigenvalue weighted by Crippen LogP contribution is -2.51. The average molecular weight is 340 g/mol. The first-order valence-electron chi connectivity index (χ1n) is 8.67. The molecule has 1 aromatic carbocycles. The number of hydrogen-bond donors (Lipinski definition) is 1. The number of nitrogens with zero attached hydrogens (tertiary/aromatic N) is 3. The largest absolute Gasteiger partial charge is 0.357 e. The van der Waals surface area contributed by atoms with Crippen LogP contribution in [0.3, 0.4) is 0 Å². The van der Waals surface area contributed by atoms with Crippen LogP contribution >= 0.6 is 0 Å². The fourth-order valence-corrected chi connectivity index (χ4v) is 3.41. The minimum absolute atomic E-state index is 0.100. The van der Waals surface area contributed by atoms with E-state index in [1.54, 1.807) is 22.8 Å². The van der Waals surface area contributed by atoms with Gasteiger partial charge in [0.15, 0.2) is 0 Å². The Labute approximate surface area is 147 Å². The van der Waals surface area contributed by atoms with Crippen molar-refractivity contribution in [3.05, 3.63) is 47.3 Å². The third-order valence-electron chi connectivity index (χ3n) is 4.80. The summed E-state index contributed by atoms with van der Waals surface area (Å²) in [5, 5.41) is 7.07. The Morgan fingerprint density at radius 1 is 1.24 bits per heavy atom. The first kappa shape index (κ1) is 17.2. The lowest BCUT2D eigenvalue weighted by Gasteiger charge is -2.34. The highest BCUT2D eigenvalue weighted by Crippen LogP contribution is 2.22. The van der Waals surface area contributed by atoms with Crippen molar-refractivity contribution in [3.63, 3.8) is 0 Å². The van der Waals surface area contributed by atoms with Crippen molar-refractivity contribution in [3.8, 4) is 5.69 Å². The average Bonchev–Trinajstić information content (AvgIpc) is 3.02. The molecule has 1 aliphatic rings. The van der Waals surface area contributed by atoms with Crippen LogP contribution in [0.4, 0.5) is 0 Å². The zero-order chi connectivity index (χ0) is 18.0. The van der Waals surface area contributed by atoms with Gasteiger partial charge in [-0.1, -0.05) is 12.1 Å². The first-order valence-corrected chi connectivity index (χ1v) is 8.67. The van der Waals surface area contributed by atoms with Gasteiger partial charge in [-0.25, -0.2) is 4.68 Å². The Balaban J connectivity index is 1.91. The molecule has 0 spiro atoms. The molecule has 1 unspecified atom stereocenters. The second-order valence-electron chi connectivity index (χ2n) is 6.52. The van der Waals surface area contributed by atoms with E-state index in [1.807, 2.05) is 38.1 Å². The number of carbonyl (C=O) groups is 2. The molecule has 0 aliphatic carbocycles. The number of benzene rings is 1. The van der Waals surface area contributed by atoms with Crippen molar-refractivity contribution >= 4 is 11.8 Å². The molecule has 2 aromatic rings. The number of hydrogen-bond acceptors (Lipinski definition) is 3. The summed E-state index contributed by atoms with van der Waals surface area (Å²) in [6.45, 7) is 4.52. The van der Waals surface area contributed by atoms with E-state index in [2.05, 4.69) is 10.4 Å². The van der Waals surface area contributed by atoms with Gasteiger partial charge in [0.2, 0.25) is 5.91 Å². The van der Waals surface area contributed by atoms with Crippen LogP contribution in [0.2, 0.25) is 0 Å². The number of likely N-dealkylation sites (tertiary alicyclic amines) is 1. The first-order chi connectivity index (χ1) is 12.0. The van der Waals surface area contributed by atoms with Gasteiger partial charge in [0, 0.05) is 13.6 Å². The highest BCUT2D eigenvalue weighted by Gasteiger charge is 2.33. The summed E-state index contributed by atoms with van der Waals surface area (Å²) < 4.78 is 1.78. The Bertz CT molecular complexity index is 796. The second kappa shape index (κ2) is 7.09. The monoisotopic (exact) mass is 340 g/mol. The van der Waals surface area contributed by atoms with Crippen LogP contribution in [0.15, 0.2) is 30.5 Å². The van der Waals surface area contributed by atoms with E-state index in [0.717, 1.165) is 29.8 Å². The number of carbonyl (C=O) groups excluding carboxylic acids is 2. The van der Waals surface area contributed by atoms with Gasteiger partial charge >= 0.3 is 0 Å². The predicted octanol–water partition coefficient (Wildman–Crippen LogP) is 2.23. The van der Waals surface area contributed by atoms with Crippen molar-refractivity contribution in [2.75, 3.05) is 13.6 Å². The molecule has 3 rings (SSSR count). The maximum Gasteiger partial charge on any atom is 0.258 e. The molecule has 1 aliphatic heterocycles. The number of rotatable bonds is 3. The summed E-state index contributed by atoms with van der Waals surface area (Å²) in [4.78, 5) is 26.9. The van der Waals surface area contributed by atoms with Crippen LogP contribution in [0.25, 0.3) is 5.69 Å².